The Morgan fingerprint density at radius 2 is 2.11 bits per heavy atom. The normalized spacial score (nSPS) is 10.2. The number of rotatable bonds is 4. The average molecular weight is 261 g/mol. The van der Waals surface area contributed by atoms with Crippen LogP contribution in [0.2, 0.25) is 0 Å². The van der Waals surface area contributed by atoms with Crippen molar-refractivity contribution in [2.75, 3.05) is 5.32 Å². The van der Waals surface area contributed by atoms with Crippen molar-refractivity contribution in [1.82, 2.24) is 14.8 Å². The fraction of sp³-hybridized carbons (Fsp3) is 0.182. The molecule has 1 aromatic heterocycles. The van der Waals surface area contributed by atoms with Gasteiger partial charge in [-0.25, -0.2) is 0 Å². The molecule has 0 unspecified atom stereocenters. The van der Waals surface area contributed by atoms with E-state index in [2.05, 4.69) is 15.4 Å². The van der Waals surface area contributed by atoms with Gasteiger partial charge < -0.3 is 15.4 Å². The number of aryl methyl sites for hydroxylation is 1. The van der Waals surface area contributed by atoms with Crippen LogP contribution in [0.5, 0.6) is 0 Å². The Balaban J connectivity index is 1.97. The predicted molar refractivity (Wildman–Crippen MR) is 66.5 cm³/mol. The first kappa shape index (κ1) is 12.7. The standard InChI is InChI=1S/C11H11N5O3/c1-8-2-4-9(5-3-8)13-10(17)6-15-7-12-11(14-15)16(18)19/h2-5,7H,6H2,1H3,(H,13,17). The molecule has 19 heavy (non-hydrogen) atoms. The molecule has 2 rings (SSSR count). The third kappa shape index (κ3) is 3.35. The van der Waals surface area contributed by atoms with E-state index in [1.807, 2.05) is 19.1 Å². The number of nitrogens with one attached hydrogen (secondary N) is 1. The SMILES string of the molecule is Cc1ccc(NC(=O)Cn2cnc([N+](=O)[O-])n2)cc1. The van der Waals surface area contributed by atoms with Gasteiger partial charge in [0.05, 0.1) is 0 Å². The zero-order chi connectivity index (χ0) is 13.8. The first-order valence-corrected chi connectivity index (χ1v) is 5.45. The molecule has 0 bridgehead atoms. The van der Waals surface area contributed by atoms with Crippen LogP contribution in [0.1, 0.15) is 5.56 Å². The summed E-state index contributed by atoms with van der Waals surface area (Å²) in [6.45, 7) is 1.81. The maximum absolute atomic E-state index is 11.7. The van der Waals surface area contributed by atoms with E-state index in [-0.39, 0.29) is 12.5 Å². The van der Waals surface area contributed by atoms with Crippen LogP contribution in [0.15, 0.2) is 30.6 Å². The molecule has 0 aliphatic carbocycles. The summed E-state index contributed by atoms with van der Waals surface area (Å²) in [6, 6.07) is 7.29. The summed E-state index contributed by atoms with van der Waals surface area (Å²) in [7, 11) is 0. The quantitative estimate of drug-likeness (QED) is 0.656. The van der Waals surface area contributed by atoms with Gasteiger partial charge in [-0.1, -0.05) is 22.7 Å². The van der Waals surface area contributed by atoms with Crippen molar-refractivity contribution in [3.05, 3.63) is 46.3 Å². The maximum Gasteiger partial charge on any atom is 0.490 e. The summed E-state index contributed by atoms with van der Waals surface area (Å²) >= 11 is 0. The second-order valence-electron chi connectivity index (χ2n) is 3.91. The Morgan fingerprint density at radius 3 is 2.68 bits per heavy atom. The molecular formula is C11H11N5O3. The van der Waals surface area contributed by atoms with E-state index < -0.39 is 10.9 Å². The molecule has 0 aliphatic heterocycles. The predicted octanol–water partition coefficient (Wildman–Crippen LogP) is 1.13. The number of amides is 1. The fourth-order valence-corrected chi connectivity index (χ4v) is 1.43. The number of carbonyl (C=O) groups excluding carboxylic acids is 1. The number of anilines is 1. The minimum absolute atomic E-state index is 0.130. The van der Waals surface area contributed by atoms with Crippen molar-refractivity contribution in [1.29, 1.82) is 0 Å². The zero-order valence-electron chi connectivity index (χ0n) is 10.1. The van der Waals surface area contributed by atoms with E-state index in [0.29, 0.717) is 5.69 Å². The minimum Gasteiger partial charge on any atom is -0.390 e. The molecule has 2 aromatic rings. The molecule has 0 saturated heterocycles. The Morgan fingerprint density at radius 1 is 1.42 bits per heavy atom. The van der Waals surface area contributed by atoms with Gasteiger partial charge >= 0.3 is 5.95 Å². The second-order valence-corrected chi connectivity index (χ2v) is 3.91. The van der Waals surface area contributed by atoms with Gasteiger partial charge in [0.15, 0.2) is 0 Å². The number of nitro groups is 1. The summed E-state index contributed by atoms with van der Waals surface area (Å²) in [5.41, 5.74) is 1.75. The van der Waals surface area contributed by atoms with Gasteiger partial charge in [-0.3, -0.25) is 4.79 Å². The van der Waals surface area contributed by atoms with E-state index >= 15 is 0 Å². The van der Waals surface area contributed by atoms with Crippen molar-refractivity contribution in [2.45, 2.75) is 13.5 Å². The smallest absolute Gasteiger partial charge is 0.390 e. The van der Waals surface area contributed by atoms with Crippen LogP contribution >= 0.6 is 0 Å². The van der Waals surface area contributed by atoms with Gasteiger partial charge in [0.2, 0.25) is 12.2 Å². The lowest BCUT2D eigenvalue weighted by Gasteiger charge is -2.03. The molecule has 1 aromatic carbocycles. The van der Waals surface area contributed by atoms with Crippen LogP contribution in [-0.4, -0.2) is 25.6 Å². The van der Waals surface area contributed by atoms with Gasteiger partial charge in [-0.05, 0) is 24.0 Å². The van der Waals surface area contributed by atoms with E-state index in [0.717, 1.165) is 16.6 Å². The van der Waals surface area contributed by atoms with Crippen LogP contribution in [0, 0.1) is 17.0 Å². The molecule has 0 aliphatic rings. The highest BCUT2D eigenvalue weighted by molar-refractivity contribution is 5.90. The van der Waals surface area contributed by atoms with Gasteiger partial charge in [0, 0.05) is 10.8 Å². The molecule has 1 heterocycles. The zero-order valence-corrected chi connectivity index (χ0v) is 10.1. The third-order valence-corrected chi connectivity index (χ3v) is 2.33. The van der Waals surface area contributed by atoms with Crippen LogP contribution in [-0.2, 0) is 11.3 Å². The van der Waals surface area contributed by atoms with E-state index in [1.165, 1.54) is 0 Å². The molecule has 0 radical (unpaired) electrons. The second kappa shape index (κ2) is 5.25. The van der Waals surface area contributed by atoms with Crippen LogP contribution < -0.4 is 5.32 Å². The first-order chi connectivity index (χ1) is 9.04. The Kier molecular flexibility index (Phi) is 3.51. The molecule has 0 saturated carbocycles. The van der Waals surface area contributed by atoms with Crippen molar-refractivity contribution < 1.29 is 9.72 Å². The summed E-state index contributed by atoms with van der Waals surface area (Å²) in [6.07, 6.45) is 1.15. The topological polar surface area (TPSA) is 103 Å². The van der Waals surface area contributed by atoms with Crippen molar-refractivity contribution in [2.24, 2.45) is 0 Å². The lowest BCUT2D eigenvalue weighted by Crippen LogP contribution is -2.19. The Bertz CT molecular complexity index is 605. The number of aromatic nitrogens is 3. The summed E-state index contributed by atoms with van der Waals surface area (Å²) in [5.74, 6) is -0.855. The van der Waals surface area contributed by atoms with Crippen molar-refractivity contribution in [3.63, 3.8) is 0 Å². The third-order valence-electron chi connectivity index (χ3n) is 2.33. The number of benzene rings is 1. The van der Waals surface area contributed by atoms with Gasteiger partial charge in [0.25, 0.3) is 0 Å². The van der Waals surface area contributed by atoms with Gasteiger partial charge in [-0.15, -0.1) is 0 Å². The molecular weight excluding hydrogens is 250 g/mol. The highest BCUT2D eigenvalue weighted by Gasteiger charge is 2.15. The molecule has 1 amide bonds. The molecule has 0 atom stereocenters. The number of carbonyl (C=O) groups is 1. The number of nitrogens with zero attached hydrogens (tertiary/aromatic N) is 4. The number of hydrogen-bond donors (Lipinski definition) is 1. The molecule has 8 nitrogen and oxygen atoms in total. The lowest BCUT2D eigenvalue weighted by molar-refractivity contribution is -0.394. The molecule has 8 heteroatoms. The van der Waals surface area contributed by atoms with E-state index in [1.54, 1.807) is 12.1 Å². The Hall–Kier alpha value is -2.77. The van der Waals surface area contributed by atoms with Gasteiger partial charge in [-0.2, -0.15) is 4.68 Å². The highest BCUT2D eigenvalue weighted by atomic mass is 16.6. The van der Waals surface area contributed by atoms with Crippen LogP contribution in [0.3, 0.4) is 0 Å². The number of hydrogen-bond acceptors (Lipinski definition) is 5. The Labute approximate surface area is 108 Å². The first-order valence-electron chi connectivity index (χ1n) is 5.45. The molecule has 1 N–H and O–H groups in total. The largest absolute Gasteiger partial charge is 0.490 e. The molecule has 0 fully saturated rings. The highest BCUT2D eigenvalue weighted by Crippen LogP contribution is 2.08. The molecule has 0 spiro atoms. The average Bonchev–Trinajstić information content (AvgIpc) is 2.80. The fourth-order valence-electron chi connectivity index (χ4n) is 1.43. The van der Waals surface area contributed by atoms with Crippen molar-refractivity contribution in [3.8, 4) is 0 Å². The summed E-state index contributed by atoms with van der Waals surface area (Å²) in [4.78, 5) is 24.8. The monoisotopic (exact) mass is 261 g/mol. The maximum atomic E-state index is 11.7. The van der Waals surface area contributed by atoms with Crippen LogP contribution in [0.25, 0.3) is 0 Å². The van der Waals surface area contributed by atoms with Crippen molar-refractivity contribution >= 4 is 17.5 Å². The summed E-state index contributed by atoms with van der Waals surface area (Å²) < 4.78 is 1.11. The molecule has 98 valence electrons. The van der Waals surface area contributed by atoms with E-state index in [9.17, 15) is 14.9 Å². The van der Waals surface area contributed by atoms with Crippen LogP contribution in [0.4, 0.5) is 11.6 Å². The summed E-state index contributed by atoms with van der Waals surface area (Å²) in [5, 5.41) is 16.6. The van der Waals surface area contributed by atoms with E-state index in [4.69, 9.17) is 0 Å². The lowest BCUT2D eigenvalue weighted by atomic mass is 10.2. The van der Waals surface area contributed by atoms with Gasteiger partial charge in [0.1, 0.15) is 6.54 Å². The minimum atomic E-state index is -0.714.